The van der Waals surface area contributed by atoms with Crippen molar-refractivity contribution in [3.05, 3.63) is 53.6 Å². The van der Waals surface area contributed by atoms with Crippen LogP contribution in [0.5, 0.6) is 0 Å². The van der Waals surface area contributed by atoms with E-state index in [1.165, 1.54) is 11.3 Å². The van der Waals surface area contributed by atoms with E-state index in [2.05, 4.69) is 4.98 Å². The summed E-state index contributed by atoms with van der Waals surface area (Å²) in [6.45, 7) is 0. The molecule has 0 saturated heterocycles. The number of fused-ring (bicyclic) bond motifs is 1. The smallest absolute Gasteiger partial charge is 0.307 e. The van der Waals surface area contributed by atoms with Crippen molar-refractivity contribution >= 4 is 33.4 Å². The summed E-state index contributed by atoms with van der Waals surface area (Å²) in [7, 11) is 0. The van der Waals surface area contributed by atoms with Gasteiger partial charge in [0, 0.05) is 11.1 Å². The van der Waals surface area contributed by atoms with E-state index in [-0.39, 0.29) is 12.0 Å². The van der Waals surface area contributed by atoms with Crippen LogP contribution in [0.1, 0.15) is 15.9 Å². The molecule has 110 valence electrons. The summed E-state index contributed by atoms with van der Waals surface area (Å²) in [5.74, 6) is -1.64. The van der Waals surface area contributed by atoms with E-state index in [1.54, 1.807) is 18.2 Å². The van der Waals surface area contributed by atoms with Gasteiger partial charge in [0.2, 0.25) is 5.91 Å². The van der Waals surface area contributed by atoms with E-state index in [9.17, 15) is 9.59 Å². The number of carbonyl (C=O) groups excluding carboxylic acids is 1. The number of nitrogens with zero attached hydrogens (tertiary/aromatic N) is 1. The topological polar surface area (TPSA) is 93.3 Å². The molecule has 0 aliphatic heterocycles. The molecule has 0 aliphatic carbocycles. The van der Waals surface area contributed by atoms with E-state index < -0.39 is 11.9 Å². The van der Waals surface area contributed by atoms with Gasteiger partial charge in [-0.25, -0.2) is 4.98 Å². The van der Waals surface area contributed by atoms with Crippen molar-refractivity contribution in [2.45, 2.75) is 6.42 Å². The Bertz CT molecular complexity index is 853. The quantitative estimate of drug-likeness (QED) is 0.774. The molecule has 0 aliphatic rings. The van der Waals surface area contributed by atoms with Crippen LogP contribution in [0.4, 0.5) is 0 Å². The van der Waals surface area contributed by atoms with Gasteiger partial charge in [-0.05, 0) is 29.8 Å². The molecule has 1 aromatic heterocycles. The third kappa shape index (κ3) is 2.68. The number of aromatic nitrogens is 1. The summed E-state index contributed by atoms with van der Waals surface area (Å²) in [6.07, 6.45) is -0.253. The first-order valence-corrected chi connectivity index (χ1v) is 7.36. The highest BCUT2D eigenvalue weighted by Crippen LogP contribution is 2.31. The lowest BCUT2D eigenvalue weighted by Gasteiger charge is -2.06. The summed E-state index contributed by atoms with van der Waals surface area (Å²) in [4.78, 5) is 26.9. The minimum atomic E-state index is -1.01. The van der Waals surface area contributed by atoms with Crippen LogP contribution < -0.4 is 5.73 Å². The number of para-hydroxylation sites is 1. The Balaban J connectivity index is 2.10. The first-order chi connectivity index (χ1) is 10.5. The molecule has 3 rings (SSSR count). The maximum atomic E-state index is 11.4. The van der Waals surface area contributed by atoms with E-state index in [4.69, 9.17) is 10.8 Å². The molecule has 0 bridgehead atoms. The Morgan fingerprint density at radius 2 is 1.95 bits per heavy atom. The normalized spacial score (nSPS) is 10.7. The zero-order valence-corrected chi connectivity index (χ0v) is 12.3. The van der Waals surface area contributed by atoms with Crippen LogP contribution in [0.25, 0.3) is 20.8 Å². The number of benzene rings is 2. The molecule has 3 aromatic rings. The fourth-order valence-electron chi connectivity index (χ4n) is 2.27. The minimum absolute atomic E-state index is 0.229. The SMILES string of the molecule is NC(=O)c1ccc(-c2nc3ccccc3s2)cc1CC(=O)O. The van der Waals surface area contributed by atoms with Crippen molar-refractivity contribution in [2.24, 2.45) is 5.73 Å². The highest BCUT2D eigenvalue weighted by Gasteiger charge is 2.14. The zero-order valence-electron chi connectivity index (χ0n) is 11.4. The lowest BCUT2D eigenvalue weighted by molar-refractivity contribution is -0.136. The maximum absolute atomic E-state index is 11.4. The number of nitrogens with two attached hydrogens (primary N) is 1. The molecular formula is C16H12N2O3S. The number of carboxylic acids is 1. The molecule has 0 saturated carbocycles. The van der Waals surface area contributed by atoms with Gasteiger partial charge in [-0.15, -0.1) is 11.3 Å². The molecule has 0 radical (unpaired) electrons. The number of thiazole rings is 1. The van der Waals surface area contributed by atoms with Gasteiger partial charge in [0.1, 0.15) is 5.01 Å². The van der Waals surface area contributed by atoms with E-state index in [0.29, 0.717) is 5.56 Å². The summed E-state index contributed by atoms with van der Waals surface area (Å²) < 4.78 is 1.05. The van der Waals surface area contributed by atoms with Crippen LogP contribution in [0, 0.1) is 0 Å². The highest BCUT2D eigenvalue weighted by atomic mass is 32.1. The molecular weight excluding hydrogens is 300 g/mol. The number of carboxylic acid groups (broad SMARTS) is 1. The van der Waals surface area contributed by atoms with Crippen LogP contribution in [0.15, 0.2) is 42.5 Å². The molecule has 2 aromatic carbocycles. The lowest BCUT2D eigenvalue weighted by atomic mass is 10.0. The van der Waals surface area contributed by atoms with E-state index in [0.717, 1.165) is 20.8 Å². The van der Waals surface area contributed by atoms with Gasteiger partial charge in [0.25, 0.3) is 0 Å². The van der Waals surface area contributed by atoms with Crippen molar-refractivity contribution in [1.29, 1.82) is 0 Å². The molecule has 5 nitrogen and oxygen atoms in total. The maximum Gasteiger partial charge on any atom is 0.307 e. The summed E-state index contributed by atoms with van der Waals surface area (Å²) in [6, 6.07) is 12.7. The van der Waals surface area contributed by atoms with E-state index in [1.807, 2.05) is 24.3 Å². The number of amides is 1. The third-order valence-corrected chi connectivity index (χ3v) is 4.34. The van der Waals surface area contributed by atoms with Crippen molar-refractivity contribution in [3.8, 4) is 10.6 Å². The standard InChI is InChI=1S/C16H12N2O3S/c17-15(21)11-6-5-9(7-10(11)8-14(19)20)16-18-12-3-1-2-4-13(12)22-16/h1-7H,8H2,(H2,17,21)(H,19,20). The van der Waals surface area contributed by atoms with Crippen LogP contribution in [0.2, 0.25) is 0 Å². The average Bonchev–Trinajstić information content (AvgIpc) is 2.90. The molecule has 0 spiro atoms. The molecule has 0 fully saturated rings. The molecule has 1 amide bonds. The van der Waals surface area contributed by atoms with Crippen molar-refractivity contribution < 1.29 is 14.7 Å². The second-order valence-electron chi connectivity index (χ2n) is 4.79. The zero-order chi connectivity index (χ0) is 15.7. The number of primary amides is 1. The number of carbonyl (C=O) groups is 2. The Labute approximate surface area is 130 Å². The average molecular weight is 312 g/mol. The number of aliphatic carboxylic acids is 1. The number of rotatable bonds is 4. The van der Waals surface area contributed by atoms with Crippen LogP contribution >= 0.6 is 11.3 Å². The lowest BCUT2D eigenvalue weighted by Crippen LogP contribution is -2.15. The van der Waals surface area contributed by atoms with Gasteiger partial charge in [-0.2, -0.15) is 0 Å². The van der Waals surface area contributed by atoms with Gasteiger partial charge in [-0.1, -0.05) is 18.2 Å². The van der Waals surface area contributed by atoms with Crippen molar-refractivity contribution in [3.63, 3.8) is 0 Å². The van der Waals surface area contributed by atoms with Crippen molar-refractivity contribution in [2.75, 3.05) is 0 Å². The Hall–Kier alpha value is -2.73. The third-order valence-electron chi connectivity index (χ3n) is 3.25. The van der Waals surface area contributed by atoms with Crippen LogP contribution in [-0.2, 0) is 11.2 Å². The fraction of sp³-hybridized carbons (Fsp3) is 0.0625. The summed E-state index contributed by atoms with van der Waals surface area (Å²) in [5.41, 5.74) is 7.59. The largest absolute Gasteiger partial charge is 0.481 e. The Morgan fingerprint density at radius 3 is 2.64 bits per heavy atom. The molecule has 3 N–H and O–H groups in total. The van der Waals surface area contributed by atoms with Gasteiger partial charge in [0.15, 0.2) is 0 Å². The Morgan fingerprint density at radius 1 is 1.18 bits per heavy atom. The first kappa shape index (κ1) is 14.2. The molecule has 22 heavy (non-hydrogen) atoms. The number of hydrogen-bond acceptors (Lipinski definition) is 4. The van der Waals surface area contributed by atoms with E-state index >= 15 is 0 Å². The van der Waals surface area contributed by atoms with Gasteiger partial charge >= 0.3 is 5.97 Å². The first-order valence-electron chi connectivity index (χ1n) is 6.55. The molecule has 0 atom stereocenters. The molecule has 0 unspecified atom stereocenters. The second kappa shape index (κ2) is 5.57. The van der Waals surface area contributed by atoms with Crippen LogP contribution in [0.3, 0.4) is 0 Å². The molecule has 6 heteroatoms. The fourth-order valence-corrected chi connectivity index (χ4v) is 3.23. The predicted octanol–water partition coefficient (Wildman–Crippen LogP) is 2.69. The minimum Gasteiger partial charge on any atom is -0.481 e. The molecule has 1 heterocycles. The van der Waals surface area contributed by atoms with Gasteiger partial charge in [0.05, 0.1) is 16.6 Å². The summed E-state index contributed by atoms with van der Waals surface area (Å²) in [5, 5.41) is 9.77. The highest BCUT2D eigenvalue weighted by molar-refractivity contribution is 7.21. The van der Waals surface area contributed by atoms with Gasteiger partial charge < -0.3 is 10.8 Å². The number of hydrogen-bond donors (Lipinski definition) is 2. The predicted molar refractivity (Wildman–Crippen MR) is 84.9 cm³/mol. The monoisotopic (exact) mass is 312 g/mol. The van der Waals surface area contributed by atoms with Crippen molar-refractivity contribution in [1.82, 2.24) is 4.98 Å². The van der Waals surface area contributed by atoms with Crippen LogP contribution in [-0.4, -0.2) is 22.0 Å². The summed E-state index contributed by atoms with van der Waals surface area (Å²) >= 11 is 1.52. The Kier molecular flexibility index (Phi) is 3.60. The van der Waals surface area contributed by atoms with Gasteiger partial charge in [-0.3, -0.25) is 9.59 Å². The second-order valence-corrected chi connectivity index (χ2v) is 5.82.